The number of piperazine rings is 2. The number of anilines is 2. The van der Waals surface area contributed by atoms with E-state index in [1.54, 1.807) is 21.0 Å². The predicted octanol–water partition coefficient (Wildman–Crippen LogP) is 1.72. The molecule has 0 unspecified atom stereocenters. The number of likely N-dealkylation sites (N-methyl/N-ethyl adjacent to an activating group) is 2. The fraction of sp³-hybridized carbons (Fsp3) is 0.484. The SMILES string of the molecule is CC[C@@]12SS[C@]3(C(=O)N1C)[C@@H](O)[C@]1([C@@]45c6ccccc6N[C@@H]4N4C(=O)[C@@]6(C)SS[C@@]4(C(=O)N6C)[C@H]5O)c4ccccc4N[C@@H]1N3C2=O. The van der Waals surface area contributed by atoms with Crippen LogP contribution in [0.5, 0.6) is 0 Å². The molecule has 8 fully saturated rings. The van der Waals surface area contributed by atoms with Gasteiger partial charge in [0, 0.05) is 25.5 Å². The second-order valence-corrected chi connectivity index (χ2v) is 19.0. The van der Waals surface area contributed by atoms with Gasteiger partial charge in [0.15, 0.2) is 9.74 Å². The molecule has 47 heavy (non-hydrogen) atoms. The zero-order valence-electron chi connectivity index (χ0n) is 25.6. The third kappa shape index (κ3) is 2.45. The highest BCUT2D eigenvalue weighted by molar-refractivity contribution is 8.78. The lowest BCUT2D eigenvalue weighted by Crippen LogP contribution is -2.78. The normalized spacial score (nSPS) is 46.3. The van der Waals surface area contributed by atoms with Gasteiger partial charge in [-0.1, -0.05) is 64.9 Å². The zero-order valence-corrected chi connectivity index (χ0v) is 28.9. The first-order valence-corrected chi connectivity index (χ1v) is 19.8. The molecular weight excluding hydrogens is 681 g/mol. The summed E-state index contributed by atoms with van der Waals surface area (Å²) >= 11 is 0. The van der Waals surface area contributed by atoms with Gasteiger partial charge in [0.2, 0.25) is 9.74 Å². The Bertz CT molecular complexity index is 1920. The summed E-state index contributed by atoms with van der Waals surface area (Å²) in [6.45, 7) is 3.58. The first-order chi connectivity index (χ1) is 22.4. The highest BCUT2D eigenvalue weighted by atomic mass is 33.1. The first kappa shape index (κ1) is 29.2. The predicted molar refractivity (Wildman–Crippen MR) is 180 cm³/mol. The standard InChI is InChI=1S/C31H30N6O6S4/c1-5-27-23(41)37-21-29(15-11-7-9-13-17(15)33-21,19(39)31(37,47-45-27)25(43)35(27)4)28-14-10-6-8-12-16(14)32-20(28)36-22(40)26(2)34(3)24(42)30(36,18(28)38)46-44-26/h6-13,18-21,32-33,38-39H,5H2,1-4H3/t18-,19-,20+,21+,26+,27-,28+,29+,30+,31-/m0/s1. The zero-order chi connectivity index (χ0) is 32.8. The van der Waals surface area contributed by atoms with Crippen LogP contribution in [0.15, 0.2) is 48.5 Å². The van der Waals surface area contributed by atoms with E-state index < -0.39 is 66.7 Å². The van der Waals surface area contributed by atoms with E-state index in [9.17, 15) is 29.4 Å². The Morgan fingerprint density at radius 1 is 0.681 bits per heavy atom. The molecule has 2 aromatic carbocycles. The van der Waals surface area contributed by atoms with Crippen molar-refractivity contribution in [3.05, 3.63) is 59.7 Å². The number of benzene rings is 2. The van der Waals surface area contributed by atoms with Crippen LogP contribution in [-0.4, -0.2) is 112 Å². The molecule has 8 saturated heterocycles. The number of nitrogens with one attached hydrogen (secondary N) is 2. The fourth-order valence-electron chi connectivity index (χ4n) is 10.2. The second-order valence-electron chi connectivity index (χ2n) is 13.7. The van der Waals surface area contributed by atoms with Crippen molar-refractivity contribution in [2.24, 2.45) is 0 Å². The van der Waals surface area contributed by atoms with Crippen molar-refractivity contribution in [3.8, 4) is 0 Å². The molecule has 2 spiro atoms. The number of hydrogen-bond acceptors (Lipinski definition) is 12. The minimum absolute atomic E-state index is 0.307. The Kier molecular flexibility index (Phi) is 5.17. The molecule has 2 aromatic rings. The van der Waals surface area contributed by atoms with Gasteiger partial charge in [0.05, 0.1) is 10.8 Å². The molecule has 10 atom stereocenters. The number of hydrogen-bond donors (Lipinski definition) is 4. The van der Waals surface area contributed by atoms with E-state index in [-0.39, 0.29) is 11.8 Å². The van der Waals surface area contributed by atoms with Crippen LogP contribution in [0.25, 0.3) is 0 Å². The van der Waals surface area contributed by atoms with E-state index >= 15 is 0 Å². The first-order valence-electron chi connectivity index (χ1n) is 15.5. The molecule has 244 valence electrons. The number of carbonyl (C=O) groups excluding carboxylic acids is 4. The summed E-state index contributed by atoms with van der Waals surface area (Å²) < 4.78 is 0. The maximum Gasteiger partial charge on any atom is 0.264 e. The fourth-order valence-corrected chi connectivity index (χ4v) is 17.6. The van der Waals surface area contributed by atoms with Crippen LogP contribution in [0.1, 0.15) is 31.4 Å². The van der Waals surface area contributed by atoms with E-state index in [1.807, 2.05) is 55.5 Å². The molecule has 10 aliphatic heterocycles. The largest absolute Gasteiger partial charge is 0.388 e. The molecule has 4 N–H and O–H groups in total. The Balaban J connectivity index is 1.35. The van der Waals surface area contributed by atoms with Crippen molar-refractivity contribution >= 4 is 78.2 Å². The molecule has 0 saturated carbocycles. The van der Waals surface area contributed by atoms with Gasteiger partial charge in [-0.05, 0) is 58.2 Å². The van der Waals surface area contributed by atoms with Gasteiger partial charge >= 0.3 is 0 Å². The summed E-state index contributed by atoms with van der Waals surface area (Å²) in [7, 11) is 8.09. The summed E-state index contributed by atoms with van der Waals surface area (Å²) in [4.78, 5) is 58.8. The van der Waals surface area contributed by atoms with Crippen molar-refractivity contribution < 1.29 is 29.4 Å². The monoisotopic (exact) mass is 710 g/mol. The van der Waals surface area contributed by atoms with Crippen LogP contribution >= 0.6 is 43.2 Å². The number of carbonyl (C=O) groups is 4. The Hall–Kier alpha value is -2.76. The lowest BCUT2D eigenvalue weighted by molar-refractivity contribution is -0.167. The number of aliphatic hydroxyl groups excluding tert-OH is 2. The Morgan fingerprint density at radius 2 is 1.15 bits per heavy atom. The molecule has 16 heteroatoms. The Labute approximate surface area is 285 Å². The van der Waals surface area contributed by atoms with Crippen LogP contribution in [0.4, 0.5) is 11.4 Å². The summed E-state index contributed by atoms with van der Waals surface area (Å²) in [6, 6.07) is 14.8. The maximum absolute atomic E-state index is 14.9. The quantitative estimate of drug-likeness (QED) is 0.337. The Morgan fingerprint density at radius 3 is 1.68 bits per heavy atom. The molecule has 0 radical (unpaired) electrons. The van der Waals surface area contributed by atoms with E-state index in [0.29, 0.717) is 28.9 Å². The van der Waals surface area contributed by atoms with Gasteiger partial charge in [-0.2, -0.15) is 0 Å². The number of amides is 4. The topological polar surface area (TPSA) is 146 Å². The minimum Gasteiger partial charge on any atom is -0.388 e. The molecule has 0 aliphatic carbocycles. The summed E-state index contributed by atoms with van der Waals surface area (Å²) in [5, 5.41) is 33.8. The smallest absolute Gasteiger partial charge is 0.264 e. The second kappa shape index (κ2) is 8.33. The number of nitrogens with zero attached hydrogens (tertiary/aromatic N) is 4. The average molecular weight is 711 g/mol. The van der Waals surface area contributed by atoms with Crippen LogP contribution in [0.3, 0.4) is 0 Å². The van der Waals surface area contributed by atoms with Gasteiger partial charge in [0.25, 0.3) is 23.6 Å². The van der Waals surface area contributed by atoms with Crippen molar-refractivity contribution in [2.45, 2.75) is 75.1 Å². The van der Waals surface area contributed by atoms with Gasteiger partial charge < -0.3 is 30.6 Å². The lowest BCUT2D eigenvalue weighted by atomic mass is 9.52. The molecular formula is C31H30N6O6S4. The molecule has 12 rings (SSSR count). The van der Waals surface area contributed by atoms with Crippen molar-refractivity contribution in [1.29, 1.82) is 0 Å². The number of para-hydroxylation sites is 2. The van der Waals surface area contributed by atoms with Crippen LogP contribution in [-0.2, 0) is 30.0 Å². The van der Waals surface area contributed by atoms with Gasteiger partial charge in [-0.15, -0.1) is 0 Å². The van der Waals surface area contributed by atoms with Crippen LogP contribution in [0.2, 0.25) is 0 Å². The molecule has 10 aliphatic rings. The highest BCUT2D eigenvalue weighted by Gasteiger charge is 2.93. The van der Waals surface area contributed by atoms with Gasteiger partial charge in [0.1, 0.15) is 24.5 Å². The summed E-state index contributed by atoms with van der Waals surface area (Å²) in [6.07, 6.45) is -4.86. The van der Waals surface area contributed by atoms with Crippen LogP contribution < -0.4 is 10.6 Å². The van der Waals surface area contributed by atoms with E-state index in [4.69, 9.17) is 0 Å². The van der Waals surface area contributed by atoms with Gasteiger partial charge in [-0.25, -0.2) is 0 Å². The van der Waals surface area contributed by atoms with E-state index in [1.165, 1.54) is 62.8 Å². The van der Waals surface area contributed by atoms with Crippen molar-refractivity contribution in [2.75, 3.05) is 24.7 Å². The molecule has 12 nitrogen and oxygen atoms in total. The summed E-state index contributed by atoms with van der Waals surface area (Å²) in [5.41, 5.74) is -0.761. The summed E-state index contributed by atoms with van der Waals surface area (Å²) in [5.74, 6) is -1.46. The van der Waals surface area contributed by atoms with Crippen molar-refractivity contribution in [1.82, 2.24) is 19.6 Å². The number of aliphatic hydroxyl groups is 2. The molecule has 4 amide bonds. The molecule has 10 heterocycles. The average Bonchev–Trinajstić information content (AvgIpc) is 3.72. The number of fused-ring (bicyclic) bond motifs is 11. The van der Waals surface area contributed by atoms with Crippen molar-refractivity contribution in [3.63, 3.8) is 0 Å². The van der Waals surface area contributed by atoms with Crippen LogP contribution in [0, 0.1) is 0 Å². The third-order valence-corrected chi connectivity index (χ3v) is 19.9. The lowest BCUT2D eigenvalue weighted by Gasteiger charge is -2.58. The molecule has 4 bridgehead atoms. The third-order valence-electron chi connectivity index (χ3n) is 12.4. The van der Waals surface area contributed by atoms with Gasteiger partial charge in [-0.3, -0.25) is 29.0 Å². The highest BCUT2D eigenvalue weighted by Crippen LogP contribution is 2.78. The number of rotatable bonds is 2. The molecule has 0 aromatic heterocycles. The minimum atomic E-state index is -1.76. The van der Waals surface area contributed by atoms with E-state index in [2.05, 4.69) is 10.6 Å². The van der Waals surface area contributed by atoms with E-state index in [0.717, 1.165) is 0 Å². The maximum atomic E-state index is 14.9.